The van der Waals surface area contributed by atoms with Gasteiger partial charge in [-0.15, -0.1) is 0 Å². The molecule has 396 valence electrons. The van der Waals surface area contributed by atoms with Gasteiger partial charge in [-0.05, 0) is 128 Å². The van der Waals surface area contributed by atoms with Crippen LogP contribution in [0, 0.1) is 5.41 Å². The normalized spacial score (nSPS) is 22.7. The molecule has 3 aliphatic rings. The molecular weight excluding hydrogens is 868 g/mol. The molecule has 0 bridgehead atoms. The van der Waals surface area contributed by atoms with E-state index in [4.69, 9.17) is 18.7 Å². The van der Waals surface area contributed by atoms with Gasteiger partial charge in [-0.25, -0.2) is 4.57 Å². The third kappa shape index (κ3) is 27.1. The highest BCUT2D eigenvalue weighted by Crippen LogP contribution is 2.53. The fourth-order valence-corrected chi connectivity index (χ4v) is 11.0. The van der Waals surface area contributed by atoms with Crippen LogP contribution >= 0.6 is 7.82 Å². The van der Waals surface area contributed by atoms with Gasteiger partial charge in [0.25, 0.3) is 0 Å². The van der Waals surface area contributed by atoms with Crippen molar-refractivity contribution in [3.63, 3.8) is 0 Å². The van der Waals surface area contributed by atoms with Gasteiger partial charge < -0.3 is 29.7 Å². The van der Waals surface area contributed by atoms with E-state index < -0.39 is 13.6 Å². The molecule has 1 heterocycles. The number of ether oxygens (including phenoxy) is 3. The minimum absolute atomic E-state index is 0.0254. The molecule has 10 heteroatoms. The summed E-state index contributed by atoms with van der Waals surface area (Å²) in [6.45, 7) is 12.9. The second-order valence-corrected chi connectivity index (χ2v) is 23.0. The Morgan fingerprint density at radius 3 is 1.43 bits per heavy atom. The lowest BCUT2D eigenvalue weighted by molar-refractivity contribution is -0.208. The van der Waals surface area contributed by atoms with Crippen LogP contribution in [0.1, 0.15) is 247 Å². The SMILES string of the molecule is CCCCC/C=C\C/C=C\CCCCCCCCC1(CCCCCCCC/C=C\C/C=C\CCCCC)CCC2(CC1)O[C@H]1C[C@H](NCCOP(=O)(O)OC)[C@H](NCCOC(C)(C)CC)C[C@@H]1O2. The summed E-state index contributed by atoms with van der Waals surface area (Å²) in [6.07, 6.45) is 59.7. The summed E-state index contributed by atoms with van der Waals surface area (Å²) in [6, 6.07) is 0.260. The highest BCUT2D eigenvalue weighted by Gasteiger charge is 2.54. The molecule has 3 rings (SSSR count). The number of hydrogen-bond donors (Lipinski definition) is 3. The van der Waals surface area contributed by atoms with Crippen LogP contribution in [0.4, 0.5) is 0 Å². The van der Waals surface area contributed by atoms with Crippen LogP contribution in [0.2, 0.25) is 0 Å². The second kappa shape index (κ2) is 36.7. The number of rotatable bonds is 42. The van der Waals surface area contributed by atoms with E-state index in [2.05, 4.69) is 98.4 Å². The Hall–Kier alpha value is -1.13. The summed E-state index contributed by atoms with van der Waals surface area (Å²) < 4.78 is 42.0. The summed E-state index contributed by atoms with van der Waals surface area (Å²) in [5, 5.41) is 7.40. The molecule has 0 aromatic rings. The van der Waals surface area contributed by atoms with Gasteiger partial charge in [-0.1, -0.05) is 159 Å². The van der Waals surface area contributed by atoms with Gasteiger partial charge in [0.05, 0.1) is 31.0 Å². The maximum atomic E-state index is 11.9. The first kappa shape index (κ1) is 61.2. The molecule has 0 amide bonds. The summed E-state index contributed by atoms with van der Waals surface area (Å²) in [4.78, 5) is 9.76. The fourth-order valence-electron chi connectivity index (χ4n) is 10.5. The first-order chi connectivity index (χ1) is 33.0. The Bertz CT molecular complexity index is 1360. The van der Waals surface area contributed by atoms with Crippen LogP contribution in [-0.2, 0) is 27.8 Å². The number of phosphoric acid groups is 1. The van der Waals surface area contributed by atoms with Crippen molar-refractivity contribution in [1.29, 1.82) is 0 Å². The Morgan fingerprint density at radius 2 is 1.00 bits per heavy atom. The fraction of sp³-hybridized carbons (Fsp3) is 0.862. The second-order valence-electron chi connectivity index (χ2n) is 21.4. The molecule has 1 spiro atoms. The van der Waals surface area contributed by atoms with Crippen molar-refractivity contribution in [3.05, 3.63) is 48.6 Å². The van der Waals surface area contributed by atoms with Crippen LogP contribution in [0.15, 0.2) is 48.6 Å². The van der Waals surface area contributed by atoms with Gasteiger partial charge in [0.2, 0.25) is 0 Å². The molecule has 0 aromatic heterocycles. The van der Waals surface area contributed by atoms with Crippen molar-refractivity contribution < 1.29 is 32.7 Å². The zero-order valence-corrected chi connectivity index (χ0v) is 45.8. The first-order valence-electron chi connectivity index (χ1n) is 28.6. The van der Waals surface area contributed by atoms with Crippen LogP contribution in [-0.4, -0.2) is 74.0 Å². The molecule has 1 unspecified atom stereocenters. The number of nitrogens with one attached hydrogen (secondary N) is 2. The molecule has 9 nitrogen and oxygen atoms in total. The van der Waals surface area contributed by atoms with E-state index >= 15 is 0 Å². The largest absolute Gasteiger partial charge is 0.471 e. The molecule has 0 aromatic carbocycles. The first-order valence-corrected chi connectivity index (χ1v) is 30.1. The average molecular weight is 975 g/mol. The molecular formula is C58H107N2O7P. The minimum Gasteiger partial charge on any atom is -0.374 e. The van der Waals surface area contributed by atoms with Gasteiger partial charge in [-0.2, -0.15) is 0 Å². The maximum Gasteiger partial charge on any atom is 0.471 e. The molecule has 2 aliphatic carbocycles. The maximum absolute atomic E-state index is 11.9. The van der Waals surface area contributed by atoms with Crippen molar-refractivity contribution in [3.8, 4) is 0 Å². The Morgan fingerprint density at radius 1 is 0.588 bits per heavy atom. The van der Waals surface area contributed by atoms with Gasteiger partial charge in [0.1, 0.15) is 0 Å². The van der Waals surface area contributed by atoms with E-state index in [1.165, 1.54) is 174 Å². The summed E-state index contributed by atoms with van der Waals surface area (Å²) in [5.41, 5.74) is 0.245. The average Bonchev–Trinajstić information content (AvgIpc) is 3.68. The third-order valence-electron chi connectivity index (χ3n) is 15.3. The molecule has 1 saturated heterocycles. The molecule has 3 N–H and O–H groups in total. The van der Waals surface area contributed by atoms with Crippen molar-refractivity contribution in [2.75, 3.05) is 33.4 Å². The molecule has 5 atom stereocenters. The minimum atomic E-state index is -4.02. The highest BCUT2D eigenvalue weighted by molar-refractivity contribution is 7.47. The number of hydrogen-bond acceptors (Lipinski definition) is 8. The van der Waals surface area contributed by atoms with E-state index in [0.29, 0.717) is 18.6 Å². The van der Waals surface area contributed by atoms with E-state index in [9.17, 15) is 9.46 Å². The Balaban J connectivity index is 1.48. The zero-order valence-electron chi connectivity index (χ0n) is 44.9. The number of fused-ring (bicyclic) bond motifs is 1. The topological polar surface area (TPSA) is 108 Å². The summed E-state index contributed by atoms with van der Waals surface area (Å²) >= 11 is 0. The lowest BCUT2D eigenvalue weighted by Crippen LogP contribution is -2.57. The molecule has 68 heavy (non-hydrogen) atoms. The lowest BCUT2D eigenvalue weighted by Gasteiger charge is -2.44. The van der Waals surface area contributed by atoms with Crippen molar-refractivity contribution in [2.24, 2.45) is 5.41 Å². The van der Waals surface area contributed by atoms with E-state index in [1.807, 2.05) is 0 Å². The van der Waals surface area contributed by atoms with Gasteiger partial charge in [0, 0.05) is 45.1 Å². The van der Waals surface area contributed by atoms with Crippen molar-refractivity contribution >= 4 is 7.82 Å². The highest BCUT2D eigenvalue weighted by atomic mass is 31.2. The van der Waals surface area contributed by atoms with Crippen LogP contribution in [0.5, 0.6) is 0 Å². The van der Waals surface area contributed by atoms with Crippen LogP contribution in [0.3, 0.4) is 0 Å². The molecule has 2 saturated carbocycles. The Kier molecular flexibility index (Phi) is 33.0. The molecule has 3 fully saturated rings. The van der Waals surface area contributed by atoms with Crippen molar-refractivity contribution in [2.45, 2.75) is 282 Å². The van der Waals surface area contributed by atoms with Crippen LogP contribution < -0.4 is 10.6 Å². The van der Waals surface area contributed by atoms with E-state index in [1.54, 1.807) is 0 Å². The monoisotopic (exact) mass is 975 g/mol. The van der Waals surface area contributed by atoms with E-state index in [-0.39, 0.29) is 36.5 Å². The van der Waals surface area contributed by atoms with Gasteiger partial charge in [-0.3, -0.25) is 9.05 Å². The quantitative estimate of drug-likeness (QED) is 0.0313. The molecule has 1 aliphatic heterocycles. The third-order valence-corrected chi connectivity index (χ3v) is 16.3. The van der Waals surface area contributed by atoms with Gasteiger partial charge in [0.15, 0.2) is 5.79 Å². The summed E-state index contributed by atoms with van der Waals surface area (Å²) in [5.74, 6) is -0.490. The number of unbranched alkanes of at least 4 members (excludes halogenated alkanes) is 18. The van der Waals surface area contributed by atoms with Crippen LogP contribution in [0.25, 0.3) is 0 Å². The Labute approximate surface area is 419 Å². The molecule has 0 radical (unpaired) electrons. The predicted molar refractivity (Wildman–Crippen MR) is 287 cm³/mol. The lowest BCUT2D eigenvalue weighted by atomic mass is 9.66. The standard InChI is InChI=1S/C58H107N2O7P/c1-7-10-12-14-16-18-20-22-24-26-28-30-32-34-36-38-40-57(41-39-37-35-33-31-29-27-25-23-21-19-17-15-13-11-8-2)42-44-58(45-43-57)66-54-50-52(59-46-48-64-56(4,5)9-3)53(51-55(54)67-58)60-47-49-65-68(61,62)63-6/h16-19,22-25,52-55,59-60H,7-15,20-21,26-51H2,1-6H3,(H,61,62)/b18-16-,19-17-,24-22-,25-23-/t52-,53+,54+,55+/m1/s1. The number of allylic oxidation sites excluding steroid dienone is 8. The number of phosphoric ester groups is 1. The summed E-state index contributed by atoms with van der Waals surface area (Å²) in [7, 11) is -2.83. The van der Waals surface area contributed by atoms with Crippen molar-refractivity contribution in [1.82, 2.24) is 10.6 Å². The van der Waals surface area contributed by atoms with E-state index in [0.717, 1.165) is 51.5 Å². The smallest absolute Gasteiger partial charge is 0.374 e. The van der Waals surface area contributed by atoms with Gasteiger partial charge >= 0.3 is 7.82 Å². The zero-order chi connectivity index (χ0) is 49.1. The predicted octanol–water partition coefficient (Wildman–Crippen LogP) is 16.1.